The van der Waals surface area contributed by atoms with Crippen molar-refractivity contribution < 1.29 is 23.4 Å². The summed E-state index contributed by atoms with van der Waals surface area (Å²) in [6.07, 6.45) is 3.91. The van der Waals surface area contributed by atoms with Gasteiger partial charge in [-0.3, -0.25) is 4.90 Å². The molecule has 13 heteroatoms. The molecule has 5 aliphatic heterocycles. The maximum atomic E-state index is 14.7. The molecule has 3 atom stereocenters. The molecule has 1 aromatic heterocycles. The molecule has 1 unspecified atom stereocenters. The summed E-state index contributed by atoms with van der Waals surface area (Å²) < 4.78 is 35.9. The molecule has 0 saturated carbocycles. The van der Waals surface area contributed by atoms with Crippen molar-refractivity contribution in [2.24, 2.45) is 0 Å². The number of nitrogens with one attached hydrogen (secondary N) is 2. The van der Waals surface area contributed by atoms with E-state index in [2.05, 4.69) is 41.3 Å². The van der Waals surface area contributed by atoms with E-state index >= 15 is 0 Å². The summed E-state index contributed by atoms with van der Waals surface area (Å²) in [5, 5.41) is 18.1. The maximum Gasteiger partial charge on any atom is 0.318 e. The van der Waals surface area contributed by atoms with Crippen LogP contribution in [0, 0.1) is 5.82 Å². The van der Waals surface area contributed by atoms with Gasteiger partial charge in [-0.05, 0) is 72.1 Å². The van der Waals surface area contributed by atoms with Crippen molar-refractivity contribution in [3.05, 3.63) is 45.8 Å². The third kappa shape index (κ3) is 5.02. The average molecular weight is 685 g/mol. The molecule has 6 heterocycles. The van der Waals surface area contributed by atoms with Gasteiger partial charge in [-0.1, -0.05) is 6.07 Å². The van der Waals surface area contributed by atoms with Crippen molar-refractivity contribution in [1.82, 2.24) is 25.5 Å². The molecule has 0 aliphatic carbocycles. The smallest absolute Gasteiger partial charge is 0.318 e. The Morgan fingerprint density at radius 2 is 2.00 bits per heavy atom. The van der Waals surface area contributed by atoms with Crippen LogP contribution < -0.4 is 25.2 Å². The second kappa shape index (κ2) is 10.8. The van der Waals surface area contributed by atoms with E-state index in [1.165, 1.54) is 6.07 Å². The highest BCUT2D eigenvalue weighted by molar-refractivity contribution is 9.10. The average Bonchev–Trinajstić information content (AvgIpc) is 3.68. The van der Waals surface area contributed by atoms with Gasteiger partial charge in [0, 0.05) is 61.8 Å². The maximum absolute atomic E-state index is 14.7. The fourth-order valence-corrected chi connectivity index (χ4v) is 8.88. The summed E-state index contributed by atoms with van der Waals surface area (Å²) in [6, 6.07) is 6.47. The number of benzene rings is 2. The van der Waals surface area contributed by atoms with E-state index in [0.29, 0.717) is 67.7 Å². The zero-order chi connectivity index (χ0) is 30.9. The second-order valence-corrected chi connectivity index (χ2v) is 14.1. The monoisotopic (exact) mass is 683 g/mol. The molecule has 4 fully saturated rings. The Morgan fingerprint density at radius 3 is 2.84 bits per heavy atom. The van der Waals surface area contributed by atoms with Crippen LogP contribution in [0.1, 0.15) is 43.4 Å². The van der Waals surface area contributed by atoms with Crippen LogP contribution in [0.2, 0.25) is 0 Å². The van der Waals surface area contributed by atoms with Crippen molar-refractivity contribution in [3.8, 4) is 11.8 Å². The summed E-state index contributed by atoms with van der Waals surface area (Å²) in [4.78, 5) is 28.6. The number of carbonyl (C=O) groups excluding carboxylic acids is 1. The first kappa shape index (κ1) is 29.0. The molecule has 0 radical (unpaired) electrons. The van der Waals surface area contributed by atoms with Gasteiger partial charge in [0.25, 0.3) is 0 Å². The van der Waals surface area contributed by atoms with Crippen LogP contribution in [0.25, 0.3) is 10.8 Å². The molecular formula is C32H36BrF2N7O3. The quantitative estimate of drug-likeness (QED) is 0.364. The number of aromatic nitrogens is 2. The molecule has 0 bridgehead atoms. The van der Waals surface area contributed by atoms with Crippen molar-refractivity contribution in [2.45, 2.75) is 62.3 Å². The highest BCUT2D eigenvalue weighted by Gasteiger charge is 2.49. The number of alkyl halides is 1. The number of rotatable bonds is 5. The topological polar surface area (TPSA) is 106 Å². The van der Waals surface area contributed by atoms with Gasteiger partial charge in [0.05, 0.1) is 27.8 Å². The van der Waals surface area contributed by atoms with Gasteiger partial charge < -0.3 is 30.3 Å². The van der Waals surface area contributed by atoms with Gasteiger partial charge in [-0.15, -0.1) is 0 Å². The normalized spacial score (nSPS) is 28.0. The molecule has 4 saturated heterocycles. The first-order chi connectivity index (χ1) is 21.7. The van der Waals surface area contributed by atoms with E-state index in [1.54, 1.807) is 18.2 Å². The molecule has 238 valence electrons. The van der Waals surface area contributed by atoms with Crippen LogP contribution in [0.15, 0.2) is 28.7 Å². The van der Waals surface area contributed by atoms with E-state index in [4.69, 9.17) is 14.7 Å². The Bertz CT molecular complexity index is 1700. The number of hydrogen-bond acceptors (Lipinski definition) is 8. The van der Waals surface area contributed by atoms with Gasteiger partial charge in [0.2, 0.25) is 0 Å². The molecule has 8 rings (SSSR count). The number of nitrogens with zero attached hydrogens (tertiary/aromatic N) is 5. The van der Waals surface area contributed by atoms with Gasteiger partial charge in [-0.2, -0.15) is 9.97 Å². The molecule has 3 aromatic rings. The number of fused-ring (bicyclic) bond motifs is 3. The Balaban J connectivity index is 1.16. The highest BCUT2D eigenvalue weighted by atomic mass is 79.9. The molecule has 5 aliphatic rings. The predicted octanol–water partition coefficient (Wildman–Crippen LogP) is 4.41. The first-order valence-corrected chi connectivity index (χ1v) is 16.6. The molecule has 2 amide bonds. The Morgan fingerprint density at radius 1 is 1.13 bits per heavy atom. The minimum atomic E-state index is -0.858. The number of amides is 2. The molecule has 3 N–H and O–H groups in total. The summed E-state index contributed by atoms with van der Waals surface area (Å²) >= 11 is 3.44. The largest absolute Gasteiger partial charge is 0.508 e. The molecule has 2 aromatic carbocycles. The number of halogens is 3. The predicted molar refractivity (Wildman–Crippen MR) is 169 cm³/mol. The Hall–Kier alpha value is -3.45. The van der Waals surface area contributed by atoms with E-state index in [0.717, 1.165) is 61.2 Å². The fourth-order valence-electron chi connectivity index (χ4n) is 8.31. The van der Waals surface area contributed by atoms with E-state index in [1.807, 2.05) is 0 Å². The third-order valence-electron chi connectivity index (χ3n) is 10.4. The fraction of sp³-hybridized carbons (Fsp3) is 0.531. The first-order valence-electron chi connectivity index (χ1n) is 15.8. The van der Waals surface area contributed by atoms with E-state index in [9.17, 15) is 18.7 Å². The van der Waals surface area contributed by atoms with Crippen LogP contribution in [-0.4, -0.2) is 89.1 Å². The lowest BCUT2D eigenvalue weighted by atomic mass is 9.89. The lowest BCUT2D eigenvalue weighted by molar-refractivity contribution is 0.107. The van der Waals surface area contributed by atoms with Crippen LogP contribution in [0.3, 0.4) is 0 Å². The van der Waals surface area contributed by atoms with Crippen molar-refractivity contribution >= 4 is 44.2 Å². The van der Waals surface area contributed by atoms with Crippen molar-refractivity contribution in [2.75, 3.05) is 55.7 Å². The summed E-state index contributed by atoms with van der Waals surface area (Å²) in [5.41, 5.74) is 1.83. The molecule has 10 nitrogen and oxygen atoms in total. The minimum absolute atomic E-state index is 0.100. The van der Waals surface area contributed by atoms with Crippen LogP contribution >= 0.6 is 15.9 Å². The minimum Gasteiger partial charge on any atom is -0.508 e. The van der Waals surface area contributed by atoms with Crippen LogP contribution in [0.5, 0.6) is 11.8 Å². The van der Waals surface area contributed by atoms with Crippen molar-refractivity contribution in [3.63, 3.8) is 0 Å². The number of phenolic OH excluding ortho intramolecular Hbond substituents is 1. The lowest BCUT2D eigenvalue weighted by Crippen LogP contribution is -2.56. The van der Waals surface area contributed by atoms with E-state index in [-0.39, 0.29) is 34.7 Å². The van der Waals surface area contributed by atoms with Gasteiger partial charge in [0.15, 0.2) is 0 Å². The number of phenols is 1. The zero-order valence-electron chi connectivity index (χ0n) is 24.9. The number of ether oxygens (including phenoxy) is 1. The number of aromatic hydroxyl groups is 1. The van der Waals surface area contributed by atoms with Gasteiger partial charge in [-0.25, -0.2) is 13.6 Å². The standard InChI is InChI=1S/C32H36BrF2N7O3/c33-27-23(35)4-3-19-11-21(43)12-25(26(19)27)40-10-5-22-24(15-40)37-30(45-18-32-7-2-9-42(32)14-20(34)13-32)38-28(22)41-8-1-6-31(17-41)16-36-29(44)39-31/h3-4,11-12,20,43H,1-2,5-10,13-18H2,(H2,36,39,44)/t20-,31?,32+/m1/s1. The van der Waals surface area contributed by atoms with Crippen LogP contribution in [-0.2, 0) is 13.0 Å². The molecule has 45 heavy (non-hydrogen) atoms. The van der Waals surface area contributed by atoms with Gasteiger partial charge in [0.1, 0.15) is 30.2 Å². The number of hydrogen-bond donors (Lipinski definition) is 3. The molecule has 1 spiro atoms. The Kier molecular flexibility index (Phi) is 6.97. The van der Waals surface area contributed by atoms with Crippen molar-refractivity contribution in [1.29, 1.82) is 0 Å². The number of piperidine rings is 1. The number of carbonyl (C=O) groups is 1. The van der Waals surface area contributed by atoms with E-state index < -0.39 is 6.17 Å². The zero-order valence-corrected chi connectivity index (χ0v) is 26.5. The SMILES string of the molecule is O=C1NCC2(CCCN(c3nc(OC[C@@]45CCCN4C[C@H](F)C5)nc4c3CCN(c3cc(O)cc5ccc(F)c(Br)c35)C4)C2)N1. The molecular weight excluding hydrogens is 648 g/mol. The second-order valence-electron chi connectivity index (χ2n) is 13.3. The van der Waals surface area contributed by atoms with Gasteiger partial charge >= 0.3 is 12.0 Å². The highest BCUT2D eigenvalue weighted by Crippen LogP contribution is 2.42. The third-order valence-corrected chi connectivity index (χ3v) is 11.2. The lowest BCUT2D eigenvalue weighted by Gasteiger charge is -2.41. The number of urea groups is 1. The number of anilines is 2. The summed E-state index contributed by atoms with van der Waals surface area (Å²) in [7, 11) is 0. The summed E-state index contributed by atoms with van der Waals surface area (Å²) in [6.45, 7) is 4.62. The van der Waals surface area contributed by atoms with Crippen LogP contribution in [0.4, 0.5) is 25.1 Å². The Labute approximate surface area is 268 Å². The summed E-state index contributed by atoms with van der Waals surface area (Å²) in [5.74, 6) is 0.531.